The van der Waals surface area contributed by atoms with Crippen molar-refractivity contribution in [3.63, 3.8) is 0 Å². The van der Waals surface area contributed by atoms with E-state index in [4.69, 9.17) is 0 Å². The zero-order valence-electron chi connectivity index (χ0n) is 19.6. The van der Waals surface area contributed by atoms with Crippen molar-refractivity contribution in [2.75, 3.05) is 0 Å². The molecule has 0 spiro atoms. The van der Waals surface area contributed by atoms with E-state index in [1.54, 1.807) is 13.0 Å². The molecule has 1 aromatic heterocycles. The second-order valence-electron chi connectivity index (χ2n) is 8.62. The normalized spacial score (nSPS) is 16.6. The van der Waals surface area contributed by atoms with Gasteiger partial charge in [-0.2, -0.15) is 43.9 Å². The minimum atomic E-state index is -7.39. The van der Waals surface area contributed by atoms with Crippen molar-refractivity contribution >= 4 is 0 Å². The van der Waals surface area contributed by atoms with E-state index in [0.717, 1.165) is 0 Å². The maximum absolute atomic E-state index is 14.4. The fourth-order valence-corrected chi connectivity index (χ4v) is 3.66. The Balaban J connectivity index is 2.95. The predicted molar refractivity (Wildman–Crippen MR) is 107 cm³/mol. The first-order valence-electron chi connectivity index (χ1n) is 11.3. The van der Waals surface area contributed by atoms with E-state index in [0.29, 0.717) is 31.5 Å². The van der Waals surface area contributed by atoms with Crippen molar-refractivity contribution in [3.8, 4) is 0 Å². The Labute approximate surface area is 200 Å². The molecular weight excluding hydrogens is 520 g/mol. The zero-order chi connectivity index (χ0) is 28.0. The summed E-state index contributed by atoms with van der Waals surface area (Å²) in [6, 6.07) is 1.58. The average Bonchev–Trinajstić information content (AvgIpc) is 2.81. The van der Waals surface area contributed by atoms with Crippen molar-refractivity contribution in [2.24, 2.45) is 5.92 Å². The van der Waals surface area contributed by atoms with Crippen LogP contribution in [0.2, 0.25) is 0 Å². The van der Waals surface area contributed by atoms with Gasteiger partial charge in [0.25, 0.3) is 0 Å². The van der Waals surface area contributed by atoms with Gasteiger partial charge in [-0.3, -0.25) is 0 Å². The molecule has 0 aliphatic rings. The Bertz CT molecular complexity index is 788. The fourth-order valence-electron chi connectivity index (χ4n) is 3.66. The molecule has 36 heavy (non-hydrogen) atoms. The number of rotatable bonds is 16. The molecule has 210 valence electrons. The summed E-state index contributed by atoms with van der Waals surface area (Å²) in [6.45, 7) is 1.85. The van der Waals surface area contributed by atoms with E-state index in [-0.39, 0.29) is 19.8 Å². The van der Waals surface area contributed by atoms with Crippen LogP contribution >= 0.6 is 0 Å². The van der Waals surface area contributed by atoms with E-state index in [1.807, 2.05) is 0 Å². The summed E-state index contributed by atoms with van der Waals surface area (Å²) in [4.78, 5) is 7.95. The molecule has 0 aromatic carbocycles. The standard InChI is InChI=1S/C22H28F12N2/c1-3-8-14(9-5-6-10-16-35-11-7-12-36-16)13-15(23)17(24)19(27,28)21(31,32)22(33,34)20(29,30)18(25,26)4-2/h7,11-12,14-15,17H,3-6,8-10,13H2,1-2H3. The van der Waals surface area contributed by atoms with E-state index in [9.17, 15) is 52.7 Å². The molecule has 3 atom stereocenters. The quantitative estimate of drug-likeness (QED) is 0.154. The molecule has 14 heteroatoms. The Morgan fingerprint density at radius 3 is 1.81 bits per heavy atom. The van der Waals surface area contributed by atoms with Crippen LogP contribution in [0, 0.1) is 5.92 Å². The third kappa shape index (κ3) is 6.56. The largest absolute Gasteiger partial charge is 0.384 e. The van der Waals surface area contributed by atoms with Gasteiger partial charge >= 0.3 is 29.6 Å². The van der Waals surface area contributed by atoms with Crippen LogP contribution in [-0.2, 0) is 6.42 Å². The minimum absolute atomic E-state index is 0.132. The SMILES string of the molecule is CCCC(CCCCc1ncccn1)CC(F)C(F)C(F)(F)C(F)(F)C(F)(F)C(F)(F)C(F)(F)CC. The smallest absolute Gasteiger partial charge is 0.244 e. The Kier molecular flexibility index (Phi) is 10.9. The maximum Gasteiger partial charge on any atom is 0.384 e. The lowest BCUT2D eigenvalue weighted by atomic mass is 9.86. The Morgan fingerprint density at radius 2 is 1.31 bits per heavy atom. The Morgan fingerprint density at radius 1 is 0.750 bits per heavy atom. The summed E-state index contributed by atoms with van der Waals surface area (Å²) in [5.41, 5.74) is 0. The molecule has 0 saturated carbocycles. The highest BCUT2D eigenvalue weighted by atomic mass is 19.4. The van der Waals surface area contributed by atoms with Gasteiger partial charge in [-0.05, 0) is 24.8 Å². The second kappa shape index (κ2) is 12.2. The van der Waals surface area contributed by atoms with Crippen LogP contribution in [0.5, 0.6) is 0 Å². The first-order chi connectivity index (χ1) is 16.4. The molecule has 0 bridgehead atoms. The lowest BCUT2D eigenvalue weighted by Gasteiger charge is -2.40. The van der Waals surface area contributed by atoms with Crippen LogP contribution in [-0.4, -0.2) is 51.9 Å². The van der Waals surface area contributed by atoms with Crippen molar-refractivity contribution in [2.45, 2.75) is 107 Å². The van der Waals surface area contributed by atoms with Crippen molar-refractivity contribution in [1.82, 2.24) is 9.97 Å². The molecule has 1 rings (SSSR count). The molecule has 2 nitrogen and oxygen atoms in total. The van der Waals surface area contributed by atoms with E-state index >= 15 is 0 Å². The van der Waals surface area contributed by atoms with Gasteiger partial charge in [0.2, 0.25) is 6.17 Å². The van der Waals surface area contributed by atoms with E-state index in [2.05, 4.69) is 9.97 Å². The number of hydrogen-bond acceptors (Lipinski definition) is 2. The third-order valence-corrected chi connectivity index (χ3v) is 5.91. The van der Waals surface area contributed by atoms with Gasteiger partial charge in [0, 0.05) is 25.2 Å². The van der Waals surface area contributed by atoms with Crippen molar-refractivity contribution < 1.29 is 52.7 Å². The van der Waals surface area contributed by atoms with Gasteiger partial charge in [0.15, 0.2) is 0 Å². The van der Waals surface area contributed by atoms with Gasteiger partial charge in [-0.15, -0.1) is 0 Å². The topological polar surface area (TPSA) is 25.8 Å². The molecule has 0 aliphatic heterocycles. The number of nitrogens with zero attached hydrogens (tertiary/aromatic N) is 2. The molecule has 0 aliphatic carbocycles. The number of halogens is 12. The molecule has 1 aromatic rings. The first kappa shape index (κ1) is 32.3. The van der Waals surface area contributed by atoms with Gasteiger partial charge in [0.1, 0.15) is 12.0 Å². The van der Waals surface area contributed by atoms with Crippen LogP contribution in [0.1, 0.15) is 64.6 Å². The third-order valence-electron chi connectivity index (χ3n) is 5.91. The lowest BCUT2D eigenvalue weighted by molar-refractivity contribution is -0.409. The van der Waals surface area contributed by atoms with Crippen molar-refractivity contribution in [3.05, 3.63) is 24.3 Å². The van der Waals surface area contributed by atoms with Gasteiger partial charge in [-0.1, -0.05) is 39.5 Å². The van der Waals surface area contributed by atoms with Crippen molar-refractivity contribution in [1.29, 1.82) is 0 Å². The summed E-state index contributed by atoms with van der Waals surface area (Å²) in [7, 11) is 0. The second-order valence-corrected chi connectivity index (χ2v) is 8.62. The molecule has 3 unspecified atom stereocenters. The van der Waals surface area contributed by atoms with Crippen LogP contribution in [0.4, 0.5) is 52.7 Å². The van der Waals surface area contributed by atoms with Gasteiger partial charge in [-0.25, -0.2) is 18.7 Å². The summed E-state index contributed by atoms with van der Waals surface area (Å²) in [5.74, 6) is -34.6. The van der Waals surface area contributed by atoms with E-state index in [1.165, 1.54) is 12.4 Å². The summed E-state index contributed by atoms with van der Waals surface area (Å²) in [5, 5.41) is 0. The predicted octanol–water partition coefficient (Wildman–Crippen LogP) is 8.26. The first-order valence-corrected chi connectivity index (χ1v) is 11.3. The highest BCUT2D eigenvalue weighted by molar-refractivity contribution is 5.10. The van der Waals surface area contributed by atoms with Crippen LogP contribution in [0.15, 0.2) is 18.5 Å². The molecule has 0 radical (unpaired) electrons. The average molecular weight is 548 g/mol. The Hall–Kier alpha value is -1.76. The number of alkyl halides is 12. The zero-order valence-corrected chi connectivity index (χ0v) is 19.6. The van der Waals surface area contributed by atoms with Gasteiger partial charge in [0.05, 0.1) is 0 Å². The van der Waals surface area contributed by atoms with Crippen LogP contribution in [0.3, 0.4) is 0 Å². The van der Waals surface area contributed by atoms with Crippen LogP contribution in [0.25, 0.3) is 0 Å². The maximum atomic E-state index is 14.4. The highest BCUT2D eigenvalue weighted by Gasteiger charge is 2.87. The van der Waals surface area contributed by atoms with E-state index < -0.39 is 60.7 Å². The molecule has 1 heterocycles. The number of aromatic nitrogens is 2. The number of hydrogen-bond donors (Lipinski definition) is 0. The molecular formula is C22H28F12N2. The van der Waals surface area contributed by atoms with Crippen LogP contribution < -0.4 is 0 Å². The summed E-state index contributed by atoms with van der Waals surface area (Å²) in [6.07, 6.45) is -6.44. The number of unbranched alkanes of at least 4 members (excludes halogenated alkanes) is 1. The monoisotopic (exact) mass is 548 g/mol. The summed E-state index contributed by atoms with van der Waals surface area (Å²) < 4.78 is 166. The molecule has 0 amide bonds. The molecule has 0 fully saturated rings. The molecule has 0 N–H and O–H groups in total. The minimum Gasteiger partial charge on any atom is -0.244 e. The summed E-state index contributed by atoms with van der Waals surface area (Å²) >= 11 is 0. The molecule has 0 saturated heterocycles. The lowest BCUT2D eigenvalue weighted by Crippen LogP contribution is -2.69. The number of aryl methyl sites for hydroxylation is 1. The fraction of sp³-hybridized carbons (Fsp3) is 0.818. The highest BCUT2D eigenvalue weighted by Crippen LogP contribution is 2.59. The van der Waals surface area contributed by atoms with Gasteiger partial charge < -0.3 is 0 Å².